The standard InChI is InChI=1S/C12H12BrN3O/c1-8-4-3-5-10(12(8)13)11(17)6-9-7-16(2)15-14-9/h3-5,7H,6H2,1-2H3. The Bertz CT molecular complexity index is 563. The van der Waals surface area contributed by atoms with Gasteiger partial charge in [-0.25, -0.2) is 0 Å². The molecule has 5 heteroatoms. The number of ketones is 1. The molecule has 88 valence electrons. The van der Waals surface area contributed by atoms with Gasteiger partial charge in [0, 0.05) is 23.3 Å². The summed E-state index contributed by atoms with van der Waals surface area (Å²) in [5, 5.41) is 7.72. The minimum absolute atomic E-state index is 0.0427. The van der Waals surface area contributed by atoms with Gasteiger partial charge in [-0.1, -0.05) is 23.4 Å². The van der Waals surface area contributed by atoms with Crippen molar-refractivity contribution >= 4 is 21.7 Å². The number of carbonyl (C=O) groups is 1. The van der Waals surface area contributed by atoms with Crippen LogP contribution in [0.4, 0.5) is 0 Å². The predicted molar refractivity (Wildman–Crippen MR) is 67.9 cm³/mol. The molecule has 0 fully saturated rings. The topological polar surface area (TPSA) is 47.8 Å². The van der Waals surface area contributed by atoms with Crippen LogP contribution in [0.5, 0.6) is 0 Å². The molecule has 0 saturated heterocycles. The quantitative estimate of drug-likeness (QED) is 0.816. The van der Waals surface area contributed by atoms with E-state index < -0.39 is 0 Å². The van der Waals surface area contributed by atoms with E-state index in [2.05, 4.69) is 26.2 Å². The van der Waals surface area contributed by atoms with Crippen molar-refractivity contribution in [3.8, 4) is 0 Å². The van der Waals surface area contributed by atoms with Crippen LogP contribution in [0.3, 0.4) is 0 Å². The number of aryl methyl sites for hydroxylation is 2. The molecule has 0 saturated carbocycles. The lowest BCUT2D eigenvalue weighted by Crippen LogP contribution is -2.05. The zero-order valence-corrected chi connectivity index (χ0v) is 11.2. The average molecular weight is 294 g/mol. The molecule has 0 N–H and O–H groups in total. The van der Waals surface area contributed by atoms with Crippen molar-refractivity contribution < 1.29 is 4.79 Å². The monoisotopic (exact) mass is 293 g/mol. The number of hydrogen-bond donors (Lipinski definition) is 0. The van der Waals surface area contributed by atoms with E-state index in [1.54, 1.807) is 17.9 Å². The van der Waals surface area contributed by atoms with Crippen molar-refractivity contribution in [2.75, 3.05) is 0 Å². The second-order valence-electron chi connectivity index (χ2n) is 3.92. The van der Waals surface area contributed by atoms with Crippen molar-refractivity contribution in [2.24, 2.45) is 7.05 Å². The summed E-state index contributed by atoms with van der Waals surface area (Å²) in [6.07, 6.45) is 2.03. The summed E-state index contributed by atoms with van der Waals surface area (Å²) >= 11 is 3.44. The first-order valence-electron chi connectivity index (χ1n) is 5.21. The van der Waals surface area contributed by atoms with Crippen LogP contribution >= 0.6 is 15.9 Å². The van der Waals surface area contributed by atoms with Gasteiger partial charge in [-0.3, -0.25) is 9.48 Å². The van der Waals surface area contributed by atoms with Gasteiger partial charge in [-0.2, -0.15) is 0 Å². The highest BCUT2D eigenvalue weighted by molar-refractivity contribution is 9.10. The van der Waals surface area contributed by atoms with E-state index in [0.717, 1.165) is 10.0 Å². The Morgan fingerprint density at radius 2 is 2.24 bits per heavy atom. The second-order valence-corrected chi connectivity index (χ2v) is 4.71. The summed E-state index contributed by atoms with van der Waals surface area (Å²) in [5.41, 5.74) is 2.43. The molecule has 0 amide bonds. The summed E-state index contributed by atoms with van der Waals surface area (Å²) < 4.78 is 2.45. The summed E-state index contributed by atoms with van der Waals surface area (Å²) in [7, 11) is 1.78. The number of nitrogens with zero attached hydrogens (tertiary/aromatic N) is 3. The molecule has 0 unspecified atom stereocenters. The number of hydrogen-bond acceptors (Lipinski definition) is 3. The Balaban J connectivity index is 2.23. The SMILES string of the molecule is Cc1cccc(C(=O)Cc2cn(C)nn2)c1Br. The van der Waals surface area contributed by atoms with Crippen LogP contribution < -0.4 is 0 Å². The number of Topliss-reactive ketones (excluding diaryl/α,β-unsaturated/α-hetero) is 1. The van der Waals surface area contributed by atoms with E-state index in [1.165, 1.54) is 0 Å². The molecule has 1 aromatic heterocycles. The molecule has 0 spiro atoms. The van der Waals surface area contributed by atoms with E-state index in [9.17, 15) is 4.79 Å². The first kappa shape index (κ1) is 12.0. The molecule has 0 bridgehead atoms. The molecule has 0 atom stereocenters. The van der Waals surface area contributed by atoms with Gasteiger partial charge >= 0.3 is 0 Å². The van der Waals surface area contributed by atoms with Crippen LogP contribution in [-0.4, -0.2) is 20.8 Å². The second kappa shape index (κ2) is 4.79. The first-order chi connectivity index (χ1) is 8.08. The van der Waals surface area contributed by atoms with Gasteiger partial charge in [0.1, 0.15) is 0 Å². The summed E-state index contributed by atoms with van der Waals surface area (Å²) in [4.78, 5) is 12.1. The highest BCUT2D eigenvalue weighted by Gasteiger charge is 2.13. The molecular formula is C12H12BrN3O. The van der Waals surface area contributed by atoms with Gasteiger partial charge in [-0.05, 0) is 28.4 Å². The van der Waals surface area contributed by atoms with Crippen LogP contribution in [0, 0.1) is 6.92 Å². The smallest absolute Gasteiger partial charge is 0.170 e. The van der Waals surface area contributed by atoms with Crippen LogP contribution in [0.1, 0.15) is 21.6 Å². The Morgan fingerprint density at radius 1 is 1.47 bits per heavy atom. The van der Waals surface area contributed by atoms with Crippen molar-refractivity contribution in [1.29, 1.82) is 0 Å². The summed E-state index contributed by atoms with van der Waals surface area (Å²) in [6.45, 7) is 1.96. The van der Waals surface area contributed by atoms with Gasteiger partial charge in [0.25, 0.3) is 0 Å². The molecule has 1 aromatic carbocycles. The Morgan fingerprint density at radius 3 is 2.88 bits per heavy atom. The molecule has 2 rings (SSSR count). The normalized spacial score (nSPS) is 10.5. The lowest BCUT2D eigenvalue weighted by molar-refractivity contribution is 0.0991. The highest BCUT2D eigenvalue weighted by atomic mass is 79.9. The molecule has 0 aliphatic rings. The Kier molecular flexibility index (Phi) is 3.38. The highest BCUT2D eigenvalue weighted by Crippen LogP contribution is 2.22. The van der Waals surface area contributed by atoms with E-state index in [1.807, 2.05) is 25.1 Å². The van der Waals surface area contributed by atoms with Crippen molar-refractivity contribution in [1.82, 2.24) is 15.0 Å². The number of aromatic nitrogens is 3. The third-order valence-corrected chi connectivity index (χ3v) is 3.54. The molecular weight excluding hydrogens is 282 g/mol. The Labute approximate surface area is 108 Å². The number of benzene rings is 1. The number of halogens is 1. The van der Waals surface area contributed by atoms with Gasteiger partial charge in [0.05, 0.1) is 12.1 Å². The maximum Gasteiger partial charge on any atom is 0.170 e. The van der Waals surface area contributed by atoms with Crippen LogP contribution in [0.25, 0.3) is 0 Å². The maximum absolute atomic E-state index is 12.1. The first-order valence-corrected chi connectivity index (χ1v) is 6.00. The lowest BCUT2D eigenvalue weighted by atomic mass is 10.0. The van der Waals surface area contributed by atoms with Crippen LogP contribution in [-0.2, 0) is 13.5 Å². The molecule has 0 radical (unpaired) electrons. The molecule has 2 aromatic rings. The van der Waals surface area contributed by atoms with Gasteiger partial charge in [0.15, 0.2) is 5.78 Å². The van der Waals surface area contributed by atoms with Crippen LogP contribution in [0.2, 0.25) is 0 Å². The fraction of sp³-hybridized carbons (Fsp3) is 0.250. The predicted octanol–water partition coefficient (Wildman–Crippen LogP) is 2.31. The van der Waals surface area contributed by atoms with Gasteiger partial charge in [0.2, 0.25) is 0 Å². The minimum Gasteiger partial charge on any atom is -0.294 e. The molecule has 4 nitrogen and oxygen atoms in total. The fourth-order valence-electron chi connectivity index (χ4n) is 1.60. The Hall–Kier alpha value is -1.49. The van der Waals surface area contributed by atoms with E-state index >= 15 is 0 Å². The van der Waals surface area contributed by atoms with Crippen LogP contribution in [0.15, 0.2) is 28.9 Å². The molecule has 0 aliphatic carbocycles. The molecule has 1 heterocycles. The molecule has 0 aliphatic heterocycles. The zero-order chi connectivity index (χ0) is 12.4. The van der Waals surface area contributed by atoms with E-state index in [0.29, 0.717) is 11.3 Å². The lowest BCUT2D eigenvalue weighted by Gasteiger charge is -2.04. The van der Waals surface area contributed by atoms with Crippen molar-refractivity contribution in [3.63, 3.8) is 0 Å². The third-order valence-electron chi connectivity index (χ3n) is 2.48. The molecule has 17 heavy (non-hydrogen) atoms. The maximum atomic E-state index is 12.1. The zero-order valence-electron chi connectivity index (χ0n) is 9.64. The average Bonchev–Trinajstić information content (AvgIpc) is 2.68. The largest absolute Gasteiger partial charge is 0.294 e. The van der Waals surface area contributed by atoms with E-state index in [4.69, 9.17) is 0 Å². The van der Waals surface area contributed by atoms with Crippen molar-refractivity contribution in [2.45, 2.75) is 13.3 Å². The fourth-order valence-corrected chi connectivity index (χ4v) is 2.08. The van der Waals surface area contributed by atoms with E-state index in [-0.39, 0.29) is 12.2 Å². The van der Waals surface area contributed by atoms with Gasteiger partial charge < -0.3 is 0 Å². The summed E-state index contributed by atoms with van der Waals surface area (Å²) in [6, 6.07) is 5.66. The minimum atomic E-state index is 0.0427. The third kappa shape index (κ3) is 2.61. The summed E-state index contributed by atoms with van der Waals surface area (Å²) in [5.74, 6) is 0.0427. The number of carbonyl (C=O) groups excluding carboxylic acids is 1. The number of rotatable bonds is 3. The van der Waals surface area contributed by atoms with Gasteiger partial charge in [-0.15, -0.1) is 5.10 Å². The van der Waals surface area contributed by atoms with Crippen molar-refractivity contribution in [3.05, 3.63) is 45.7 Å².